The summed E-state index contributed by atoms with van der Waals surface area (Å²) in [4.78, 5) is 40.2. The van der Waals surface area contributed by atoms with Crippen LogP contribution in [0.4, 0.5) is 11.4 Å². The maximum Gasteiger partial charge on any atom is 0.286 e. The maximum absolute atomic E-state index is 13.8. The van der Waals surface area contributed by atoms with Crippen LogP contribution in [0.2, 0.25) is 0 Å². The van der Waals surface area contributed by atoms with Gasteiger partial charge in [0.2, 0.25) is 6.79 Å². The summed E-state index contributed by atoms with van der Waals surface area (Å²) < 4.78 is 17.4. The van der Waals surface area contributed by atoms with Gasteiger partial charge in [-0.25, -0.2) is 4.98 Å². The van der Waals surface area contributed by atoms with Gasteiger partial charge < -0.3 is 33.9 Å². The van der Waals surface area contributed by atoms with Gasteiger partial charge in [0.1, 0.15) is 17.1 Å². The number of carbonyl (C=O) groups excluding carboxylic acids is 1. The highest BCUT2D eigenvalue weighted by Crippen LogP contribution is 2.39. The first kappa shape index (κ1) is 35.7. The molecule has 2 saturated heterocycles. The molecular weight excluding hydrogens is 677 g/mol. The minimum Gasteiger partial charge on any atom is -0.493 e. The standard InChI is InChI=1S/C36H44N6O6S2/c1-5-49-36(50-6-2)30-8-7-15-41(30)35(43)27-21-32(46-4)33(22-31(27)42(44)45)48-23-47-26-12-9-24(10-13-26)34-37-28-14-11-25(20-29(28)38-34)40-18-16-39(3)17-19-40/h9-14,20-22,30,36H,5-8,15-19,23H2,1-4H3,(H,37,38)/t30-/m0/s1. The van der Waals surface area contributed by atoms with E-state index in [-0.39, 0.29) is 46.1 Å². The van der Waals surface area contributed by atoms with Crippen LogP contribution in [0.25, 0.3) is 22.4 Å². The number of amides is 1. The molecule has 6 rings (SSSR count). The molecule has 14 heteroatoms. The molecule has 2 aliphatic rings. The smallest absolute Gasteiger partial charge is 0.286 e. The topological polar surface area (TPSA) is 126 Å². The quantitative estimate of drug-likeness (QED) is 0.0845. The SMILES string of the molecule is CCSC(SCC)[C@@H]1CCCN1C(=O)c1cc(OC)c(OCOc2ccc(-c3nc4ccc(N5CCN(C)CC5)cc4[nH]3)cc2)cc1[N+](=O)[O-]. The molecule has 2 fully saturated rings. The number of nitrogens with zero attached hydrogens (tertiary/aromatic N) is 5. The minimum atomic E-state index is -0.547. The van der Waals surface area contributed by atoms with Gasteiger partial charge in [-0.3, -0.25) is 14.9 Å². The number of methoxy groups -OCH3 is 1. The number of hydrogen-bond acceptors (Lipinski definition) is 11. The first-order valence-corrected chi connectivity index (χ1v) is 19.1. The summed E-state index contributed by atoms with van der Waals surface area (Å²) in [5.74, 6) is 3.14. The number of rotatable bonds is 14. The Labute approximate surface area is 301 Å². The van der Waals surface area contributed by atoms with Crippen LogP contribution in [0, 0.1) is 10.1 Å². The fraction of sp³-hybridized carbons (Fsp3) is 0.444. The number of nitrogens with one attached hydrogen (secondary N) is 1. The van der Waals surface area contributed by atoms with E-state index in [1.165, 1.54) is 24.9 Å². The van der Waals surface area contributed by atoms with Crippen LogP contribution in [0.3, 0.4) is 0 Å². The Morgan fingerprint density at radius 1 is 1.00 bits per heavy atom. The molecule has 0 unspecified atom stereocenters. The molecule has 0 bridgehead atoms. The average molecular weight is 721 g/mol. The lowest BCUT2D eigenvalue weighted by molar-refractivity contribution is -0.385. The first-order valence-electron chi connectivity index (χ1n) is 17.0. The number of imidazole rings is 1. The maximum atomic E-state index is 13.8. The number of aromatic amines is 1. The van der Waals surface area contributed by atoms with E-state index >= 15 is 0 Å². The Hall–Kier alpha value is -4.14. The summed E-state index contributed by atoms with van der Waals surface area (Å²) in [6, 6.07) is 16.5. The lowest BCUT2D eigenvalue weighted by atomic mass is 10.1. The third kappa shape index (κ3) is 7.92. The molecule has 1 aromatic heterocycles. The number of benzene rings is 3. The molecule has 1 atom stereocenters. The van der Waals surface area contributed by atoms with Gasteiger partial charge in [-0.15, -0.1) is 23.5 Å². The number of likely N-dealkylation sites (tertiary alicyclic amines) is 1. The Morgan fingerprint density at radius 3 is 2.42 bits per heavy atom. The third-order valence-electron chi connectivity index (χ3n) is 9.15. The zero-order valence-corrected chi connectivity index (χ0v) is 30.6. The summed E-state index contributed by atoms with van der Waals surface area (Å²) in [6.07, 6.45) is 1.74. The highest BCUT2D eigenvalue weighted by molar-refractivity contribution is 8.17. The summed E-state index contributed by atoms with van der Waals surface area (Å²) in [7, 11) is 3.59. The van der Waals surface area contributed by atoms with Crippen LogP contribution in [0.5, 0.6) is 17.2 Å². The second-order valence-electron chi connectivity index (χ2n) is 12.3. The minimum absolute atomic E-state index is 0.00517. The number of fused-ring (bicyclic) bond motifs is 1. The van der Waals surface area contributed by atoms with Crippen molar-refractivity contribution in [2.75, 3.05) is 70.1 Å². The van der Waals surface area contributed by atoms with E-state index in [0.717, 1.165) is 72.9 Å². The normalized spacial score (nSPS) is 16.7. The van der Waals surface area contributed by atoms with Crippen LogP contribution in [-0.4, -0.2) is 106 Å². The predicted molar refractivity (Wildman–Crippen MR) is 201 cm³/mol. The second-order valence-corrected chi connectivity index (χ2v) is 15.4. The van der Waals surface area contributed by atoms with E-state index in [0.29, 0.717) is 12.3 Å². The van der Waals surface area contributed by atoms with Crippen molar-refractivity contribution >= 4 is 51.8 Å². The molecular formula is C36H44N6O6S2. The summed E-state index contributed by atoms with van der Waals surface area (Å²) >= 11 is 3.63. The number of piperazine rings is 1. The third-order valence-corrected chi connectivity index (χ3v) is 11.9. The van der Waals surface area contributed by atoms with Crippen molar-refractivity contribution in [3.63, 3.8) is 0 Å². The first-order chi connectivity index (χ1) is 24.3. The fourth-order valence-electron chi connectivity index (χ4n) is 6.49. The average Bonchev–Trinajstić information content (AvgIpc) is 3.79. The van der Waals surface area contributed by atoms with E-state index < -0.39 is 4.92 Å². The monoisotopic (exact) mass is 720 g/mol. The Kier molecular flexibility index (Phi) is 11.6. The molecule has 0 saturated carbocycles. The summed E-state index contributed by atoms with van der Waals surface area (Å²) in [5.41, 5.74) is 3.64. The van der Waals surface area contributed by atoms with Gasteiger partial charge in [0.25, 0.3) is 11.6 Å². The number of thioether (sulfide) groups is 2. The van der Waals surface area contributed by atoms with Gasteiger partial charge >= 0.3 is 0 Å². The number of nitro groups is 1. The Morgan fingerprint density at radius 2 is 1.74 bits per heavy atom. The van der Waals surface area contributed by atoms with E-state index in [1.54, 1.807) is 4.90 Å². The van der Waals surface area contributed by atoms with Gasteiger partial charge in [-0.05, 0) is 73.9 Å². The van der Waals surface area contributed by atoms with Crippen molar-refractivity contribution in [2.24, 2.45) is 0 Å². The van der Waals surface area contributed by atoms with Crippen molar-refractivity contribution in [1.29, 1.82) is 0 Å². The number of anilines is 1. The van der Waals surface area contributed by atoms with Crippen molar-refractivity contribution in [3.05, 3.63) is 70.3 Å². The fourth-order valence-corrected chi connectivity index (χ4v) is 9.36. The van der Waals surface area contributed by atoms with Crippen molar-refractivity contribution in [3.8, 4) is 28.6 Å². The van der Waals surface area contributed by atoms with Crippen molar-refractivity contribution in [2.45, 2.75) is 37.3 Å². The van der Waals surface area contributed by atoms with Crippen LogP contribution in [0.1, 0.15) is 37.0 Å². The largest absolute Gasteiger partial charge is 0.493 e. The predicted octanol–water partition coefficient (Wildman–Crippen LogP) is 6.75. The summed E-state index contributed by atoms with van der Waals surface area (Å²) in [6.45, 7) is 8.64. The molecule has 12 nitrogen and oxygen atoms in total. The lowest BCUT2D eigenvalue weighted by Gasteiger charge is -2.34. The van der Waals surface area contributed by atoms with Crippen molar-refractivity contribution in [1.82, 2.24) is 19.8 Å². The highest BCUT2D eigenvalue weighted by Gasteiger charge is 2.38. The Bertz CT molecular complexity index is 1790. The molecule has 3 heterocycles. The Balaban J connectivity index is 1.11. The molecule has 1 amide bonds. The van der Waals surface area contributed by atoms with Crippen LogP contribution >= 0.6 is 23.5 Å². The number of likely N-dealkylation sites (N-methyl/N-ethyl adjacent to an activating group) is 1. The molecule has 0 aliphatic carbocycles. The molecule has 0 spiro atoms. The van der Waals surface area contributed by atoms with Gasteiger partial charge in [-0.1, -0.05) is 13.8 Å². The number of H-pyrrole nitrogens is 1. The molecule has 2 aliphatic heterocycles. The number of hydrogen-bond donors (Lipinski definition) is 1. The number of carbonyl (C=O) groups is 1. The van der Waals surface area contributed by atoms with Crippen LogP contribution in [0.15, 0.2) is 54.6 Å². The summed E-state index contributed by atoms with van der Waals surface area (Å²) in [5, 5.41) is 12.2. The zero-order valence-electron chi connectivity index (χ0n) is 28.9. The highest BCUT2D eigenvalue weighted by atomic mass is 32.2. The van der Waals surface area contributed by atoms with Crippen LogP contribution in [-0.2, 0) is 0 Å². The van der Waals surface area contributed by atoms with E-state index in [2.05, 4.69) is 53.9 Å². The van der Waals surface area contributed by atoms with Gasteiger partial charge in [-0.2, -0.15) is 0 Å². The van der Waals surface area contributed by atoms with E-state index in [1.807, 2.05) is 47.8 Å². The van der Waals surface area contributed by atoms with Gasteiger partial charge in [0, 0.05) is 50.0 Å². The van der Waals surface area contributed by atoms with E-state index in [4.69, 9.17) is 19.2 Å². The second kappa shape index (κ2) is 16.3. The molecule has 1 N–H and O–H groups in total. The molecule has 50 heavy (non-hydrogen) atoms. The number of ether oxygens (including phenoxy) is 3. The lowest BCUT2D eigenvalue weighted by Crippen LogP contribution is -2.44. The number of aromatic nitrogens is 2. The molecule has 3 aromatic carbocycles. The molecule has 266 valence electrons. The number of nitro benzene ring substituents is 1. The van der Waals surface area contributed by atoms with Gasteiger partial charge in [0.15, 0.2) is 11.5 Å². The van der Waals surface area contributed by atoms with Gasteiger partial charge in [0.05, 0.1) is 39.8 Å². The molecule has 4 aromatic rings. The van der Waals surface area contributed by atoms with Crippen LogP contribution < -0.4 is 19.1 Å². The zero-order chi connectivity index (χ0) is 35.2. The van der Waals surface area contributed by atoms with Crippen molar-refractivity contribution < 1.29 is 23.9 Å². The van der Waals surface area contributed by atoms with E-state index in [9.17, 15) is 14.9 Å². The molecule has 0 radical (unpaired) electrons.